The van der Waals surface area contributed by atoms with E-state index < -0.39 is 0 Å². The molecule has 0 fully saturated rings. The Morgan fingerprint density at radius 2 is 2.04 bits per heavy atom. The maximum absolute atomic E-state index is 12.1. The molecule has 7 heteroatoms. The number of benzene rings is 2. The Hall–Kier alpha value is -2.44. The smallest absolute Gasteiger partial charge is 0.272 e. The minimum atomic E-state index is -0.382. The van der Waals surface area contributed by atoms with E-state index in [2.05, 4.69) is 36.7 Å². The van der Waals surface area contributed by atoms with Gasteiger partial charge in [0.15, 0.2) is 0 Å². The minimum absolute atomic E-state index is 0.302. The van der Waals surface area contributed by atoms with Crippen LogP contribution in [0.2, 0.25) is 5.02 Å². The highest BCUT2D eigenvalue weighted by Gasteiger charge is 2.12. The summed E-state index contributed by atoms with van der Waals surface area (Å²) in [7, 11) is 0. The Labute approximate surface area is 151 Å². The summed E-state index contributed by atoms with van der Waals surface area (Å²) in [4.78, 5) is 12.1. The second-order valence-corrected chi connectivity index (χ2v) is 6.22. The van der Waals surface area contributed by atoms with E-state index in [1.54, 1.807) is 18.3 Å². The van der Waals surface area contributed by atoms with E-state index in [9.17, 15) is 4.79 Å². The number of nitrogens with one attached hydrogen (secondary N) is 2. The van der Waals surface area contributed by atoms with Crippen molar-refractivity contribution in [3.63, 3.8) is 0 Å². The summed E-state index contributed by atoms with van der Waals surface area (Å²) in [5.74, 6) is -0.382. The molecule has 2 aromatic carbocycles. The van der Waals surface area contributed by atoms with Gasteiger partial charge in [0.1, 0.15) is 5.69 Å². The van der Waals surface area contributed by atoms with Crippen LogP contribution in [-0.2, 0) is 0 Å². The fraction of sp³-hybridized carbons (Fsp3) is 0. The van der Waals surface area contributed by atoms with E-state index in [1.165, 1.54) is 0 Å². The molecular formula is C17H12BrClN4O. The molecule has 0 aliphatic heterocycles. The third-order valence-corrected chi connectivity index (χ3v) is 4.02. The van der Waals surface area contributed by atoms with Crippen LogP contribution in [-0.4, -0.2) is 22.3 Å². The second kappa shape index (κ2) is 7.42. The highest BCUT2D eigenvalue weighted by Crippen LogP contribution is 2.26. The summed E-state index contributed by atoms with van der Waals surface area (Å²) in [6.07, 6.45) is 1.56. The molecule has 0 aliphatic rings. The third-order valence-electron chi connectivity index (χ3n) is 3.20. The Morgan fingerprint density at radius 1 is 1.21 bits per heavy atom. The lowest BCUT2D eigenvalue weighted by atomic mass is 10.1. The zero-order chi connectivity index (χ0) is 16.9. The molecule has 1 amide bonds. The highest BCUT2D eigenvalue weighted by molar-refractivity contribution is 9.10. The molecule has 1 heterocycles. The fourth-order valence-electron chi connectivity index (χ4n) is 2.06. The van der Waals surface area contributed by atoms with Crippen molar-refractivity contribution >= 4 is 39.7 Å². The largest absolute Gasteiger partial charge is 0.289 e. The van der Waals surface area contributed by atoms with E-state index in [-0.39, 0.29) is 5.91 Å². The Kier molecular flexibility index (Phi) is 5.08. The molecule has 0 radical (unpaired) electrons. The van der Waals surface area contributed by atoms with Crippen molar-refractivity contribution in [2.24, 2.45) is 5.10 Å². The number of nitrogens with zero attached hydrogens (tertiary/aromatic N) is 2. The molecule has 3 aromatic rings. The third kappa shape index (κ3) is 3.90. The number of carbonyl (C=O) groups is 1. The van der Waals surface area contributed by atoms with Crippen molar-refractivity contribution in [1.82, 2.24) is 15.6 Å². The van der Waals surface area contributed by atoms with Crippen molar-refractivity contribution in [3.05, 3.63) is 75.4 Å². The van der Waals surface area contributed by atoms with Gasteiger partial charge in [0.05, 0.1) is 16.9 Å². The van der Waals surface area contributed by atoms with Gasteiger partial charge in [0.25, 0.3) is 5.91 Å². The van der Waals surface area contributed by atoms with E-state index in [0.29, 0.717) is 16.4 Å². The first-order chi connectivity index (χ1) is 11.6. The van der Waals surface area contributed by atoms with Crippen LogP contribution >= 0.6 is 27.5 Å². The number of rotatable bonds is 4. The molecule has 120 valence electrons. The molecule has 0 spiro atoms. The van der Waals surface area contributed by atoms with Crippen LogP contribution in [0.3, 0.4) is 0 Å². The van der Waals surface area contributed by atoms with E-state index in [0.717, 1.165) is 15.6 Å². The molecule has 0 unspecified atom stereocenters. The zero-order valence-electron chi connectivity index (χ0n) is 12.3. The lowest BCUT2D eigenvalue weighted by Gasteiger charge is -1.98. The molecule has 0 atom stereocenters. The lowest BCUT2D eigenvalue weighted by molar-refractivity contribution is 0.0950. The van der Waals surface area contributed by atoms with Crippen LogP contribution in [0.15, 0.2) is 64.2 Å². The summed E-state index contributed by atoms with van der Waals surface area (Å²) < 4.78 is 0.940. The normalized spacial score (nSPS) is 10.9. The van der Waals surface area contributed by atoms with Gasteiger partial charge in [-0.15, -0.1) is 0 Å². The molecular weight excluding hydrogens is 392 g/mol. The predicted octanol–water partition coefficient (Wildman–Crippen LogP) is 4.26. The topological polar surface area (TPSA) is 70.1 Å². The molecule has 0 saturated carbocycles. The molecule has 3 rings (SSSR count). The van der Waals surface area contributed by atoms with E-state index in [4.69, 9.17) is 11.6 Å². The average molecular weight is 404 g/mol. The number of hydrogen-bond donors (Lipinski definition) is 2. The summed E-state index contributed by atoms with van der Waals surface area (Å²) in [5.41, 5.74) is 4.98. The van der Waals surface area contributed by atoms with Gasteiger partial charge in [-0.3, -0.25) is 9.89 Å². The van der Waals surface area contributed by atoms with Crippen LogP contribution in [0.25, 0.3) is 11.3 Å². The molecule has 0 bridgehead atoms. The first-order valence-electron chi connectivity index (χ1n) is 7.03. The second-order valence-electron chi connectivity index (χ2n) is 4.90. The minimum Gasteiger partial charge on any atom is -0.272 e. The molecule has 0 aliphatic carbocycles. The lowest BCUT2D eigenvalue weighted by Crippen LogP contribution is -2.17. The Balaban J connectivity index is 1.69. The van der Waals surface area contributed by atoms with Gasteiger partial charge in [0, 0.05) is 10.0 Å². The average Bonchev–Trinajstić information content (AvgIpc) is 3.05. The van der Waals surface area contributed by atoms with Gasteiger partial charge < -0.3 is 0 Å². The SMILES string of the molecule is O=C(NN=Cc1cccc(Br)c1)c1cc(-c2ccccc2Cl)n[nH]1. The number of aromatic amines is 1. The number of H-pyrrole nitrogens is 1. The first kappa shape index (κ1) is 16.4. The monoisotopic (exact) mass is 402 g/mol. The van der Waals surface area contributed by atoms with Gasteiger partial charge in [-0.05, 0) is 29.8 Å². The molecule has 0 saturated heterocycles. The quantitative estimate of drug-likeness (QED) is 0.505. The van der Waals surface area contributed by atoms with Gasteiger partial charge in [-0.2, -0.15) is 10.2 Å². The number of halogens is 2. The van der Waals surface area contributed by atoms with Crippen LogP contribution in [0.1, 0.15) is 16.1 Å². The number of aromatic nitrogens is 2. The van der Waals surface area contributed by atoms with Gasteiger partial charge in [-0.25, -0.2) is 5.43 Å². The number of carbonyl (C=O) groups excluding carboxylic acids is 1. The summed E-state index contributed by atoms with van der Waals surface area (Å²) in [6.45, 7) is 0. The van der Waals surface area contributed by atoms with E-state index in [1.807, 2.05) is 42.5 Å². The zero-order valence-corrected chi connectivity index (χ0v) is 14.7. The summed E-state index contributed by atoms with van der Waals surface area (Å²) in [5, 5.41) is 11.3. The molecule has 24 heavy (non-hydrogen) atoms. The van der Waals surface area contributed by atoms with Crippen molar-refractivity contribution in [3.8, 4) is 11.3 Å². The standard InChI is InChI=1S/C17H12BrClN4O/c18-12-5-3-4-11(8-12)10-20-23-17(24)16-9-15(21-22-16)13-6-1-2-7-14(13)19/h1-10H,(H,21,22)(H,23,24). The predicted molar refractivity (Wildman–Crippen MR) is 98.2 cm³/mol. The van der Waals surface area contributed by atoms with Gasteiger partial charge in [0.2, 0.25) is 0 Å². The maximum atomic E-state index is 12.1. The number of hydrogen-bond acceptors (Lipinski definition) is 3. The van der Waals surface area contributed by atoms with Crippen LogP contribution in [0, 0.1) is 0 Å². The highest BCUT2D eigenvalue weighted by atomic mass is 79.9. The van der Waals surface area contributed by atoms with Gasteiger partial charge >= 0.3 is 0 Å². The van der Waals surface area contributed by atoms with Crippen molar-refractivity contribution in [2.75, 3.05) is 0 Å². The fourth-order valence-corrected chi connectivity index (χ4v) is 2.71. The maximum Gasteiger partial charge on any atom is 0.289 e. The van der Waals surface area contributed by atoms with Crippen molar-refractivity contribution in [1.29, 1.82) is 0 Å². The molecule has 5 nitrogen and oxygen atoms in total. The Morgan fingerprint density at radius 3 is 2.83 bits per heavy atom. The first-order valence-corrected chi connectivity index (χ1v) is 8.20. The number of hydrazone groups is 1. The van der Waals surface area contributed by atoms with Crippen molar-refractivity contribution < 1.29 is 4.79 Å². The molecule has 2 N–H and O–H groups in total. The van der Waals surface area contributed by atoms with Crippen LogP contribution in [0.5, 0.6) is 0 Å². The van der Waals surface area contributed by atoms with Gasteiger partial charge in [-0.1, -0.05) is 57.9 Å². The van der Waals surface area contributed by atoms with Crippen molar-refractivity contribution in [2.45, 2.75) is 0 Å². The van der Waals surface area contributed by atoms with Crippen LogP contribution < -0.4 is 5.43 Å². The summed E-state index contributed by atoms with van der Waals surface area (Å²) in [6, 6.07) is 16.5. The Bertz CT molecular complexity index is 907. The summed E-state index contributed by atoms with van der Waals surface area (Å²) >= 11 is 9.51. The van der Waals surface area contributed by atoms with Crippen LogP contribution in [0.4, 0.5) is 0 Å². The number of amides is 1. The van der Waals surface area contributed by atoms with E-state index >= 15 is 0 Å². The molecule has 1 aromatic heterocycles.